The van der Waals surface area contributed by atoms with Crippen LogP contribution < -0.4 is 9.62 Å². The summed E-state index contributed by atoms with van der Waals surface area (Å²) in [6.45, 7) is 5.85. The van der Waals surface area contributed by atoms with E-state index in [-0.39, 0.29) is 5.91 Å². The van der Waals surface area contributed by atoms with Crippen molar-refractivity contribution in [1.29, 1.82) is 0 Å². The molecule has 0 saturated carbocycles. The fraction of sp³-hybridized carbons (Fsp3) is 0.476. The highest BCUT2D eigenvalue weighted by Crippen LogP contribution is 2.30. The lowest BCUT2D eigenvalue weighted by atomic mass is 10.1. The summed E-state index contributed by atoms with van der Waals surface area (Å²) in [4.78, 5) is 33.2. The maximum absolute atomic E-state index is 13.1. The second kappa shape index (κ2) is 9.07. The van der Waals surface area contributed by atoms with Crippen molar-refractivity contribution in [3.63, 3.8) is 0 Å². The highest BCUT2D eigenvalue weighted by Gasteiger charge is 2.38. The van der Waals surface area contributed by atoms with Crippen molar-refractivity contribution in [2.75, 3.05) is 29.5 Å². The number of likely N-dealkylation sites (tertiary alicyclic amines) is 1. The first-order chi connectivity index (χ1) is 14.8. The van der Waals surface area contributed by atoms with Crippen LogP contribution in [0, 0.1) is 0 Å². The van der Waals surface area contributed by atoms with Crippen molar-refractivity contribution in [3.05, 3.63) is 29.6 Å². The lowest BCUT2D eigenvalue weighted by Crippen LogP contribution is -2.48. The smallest absolute Gasteiger partial charge is 0.410 e. The number of benzene rings is 1. The molecule has 2 aromatic rings. The summed E-state index contributed by atoms with van der Waals surface area (Å²) in [6, 6.07) is 6.29. The molecule has 1 aliphatic heterocycles. The van der Waals surface area contributed by atoms with Gasteiger partial charge in [-0.05, 0) is 45.7 Å². The van der Waals surface area contributed by atoms with Gasteiger partial charge in [-0.2, -0.15) is 0 Å². The SMILES string of the molecule is CN(C(=O)[C@@H]1CCCN1C(=O)OC(C)(C)C)c1nc(-c2cccc(NS(C)(=O)=O)c2)cs1. The summed E-state index contributed by atoms with van der Waals surface area (Å²) in [6.07, 6.45) is 1.90. The Hall–Kier alpha value is -2.66. The molecule has 1 aromatic heterocycles. The number of nitrogens with one attached hydrogen (secondary N) is 1. The van der Waals surface area contributed by atoms with Crippen LogP contribution in [0.25, 0.3) is 11.3 Å². The Bertz CT molecular complexity index is 1110. The van der Waals surface area contributed by atoms with Crippen molar-refractivity contribution in [1.82, 2.24) is 9.88 Å². The lowest BCUT2D eigenvalue weighted by Gasteiger charge is -2.29. The van der Waals surface area contributed by atoms with Crippen LogP contribution in [0.5, 0.6) is 0 Å². The van der Waals surface area contributed by atoms with E-state index in [0.717, 1.165) is 18.2 Å². The predicted molar refractivity (Wildman–Crippen MR) is 125 cm³/mol. The van der Waals surface area contributed by atoms with Gasteiger partial charge in [0.2, 0.25) is 10.0 Å². The molecule has 0 bridgehead atoms. The number of likely N-dealkylation sites (N-methyl/N-ethyl adjacent to an activating group) is 1. The zero-order valence-electron chi connectivity index (χ0n) is 18.8. The zero-order chi connectivity index (χ0) is 23.7. The standard InChI is InChI=1S/C21H28N4O5S2/c1-21(2,3)30-20(27)25-11-7-10-17(25)18(26)24(4)19-22-16(13-31-19)14-8-6-9-15(12-14)23-32(5,28)29/h6,8-9,12-13,17,23H,7,10-11H2,1-5H3/t17-/m0/s1. The molecule has 0 unspecified atom stereocenters. The number of amides is 2. The van der Waals surface area contributed by atoms with E-state index in [1.165, 1.54) is 21.1 Å². The largest absolute Gasteiger partial charge is 0.444 e. The van der Waals surface area contributed by atoms with Gasteiger partial charge >= 0.3 is 6.09 Å². The summed E-state index contributed by atoms with van der Waals surface area (Å²) >= 11 is 1.30. The first kappa shape index (κ1) is 24.0. The molecule has 2 amide bonds. The Morgan fingerprint density at radius 1 is 1.31 bits per heavy atom. The Morgan fingerprint density at radius 2 is 2.03 bits per heavy atom. The molecule has 1 aromatic carbocycles. The van der Waals surface area contributed by atoms with Gasteiger partial charge in [0, 0.05) is 30.2 Å². The van der Waals surface area contributed by atoms with Crippen LogP contribution in [0.3, 0.4) is 0 Å². The number of rotatable bonds is 5. The monoisotopic (exact) mass is 480 g/mol. The number of hydrogen-bond acceptors (Lipinski definition) is 7. The first-order valence-electron chi connectivity index (χ1n) is 10.1. The van der Waals surface area contributed by atoms with E-state index in [9.17, 15) is 18.0 Å². The van der Waals surface area contributed by atoms with Crippen molar-refractivity contribution < 1.29 is 22.7 Å². The first-order valence-corrected chi connectivity index (χ1v) is 12.9. The summed E-state index contributed by atoms with van der Waals surface area (Å²) in [5.74, 6) is -0.221. The Labute approximate surface area is 192 Å². The molecule has 9 nitrogen and oxygen atoms in total. The highest BCUT2D eigenvalue weighted by atomic mass is 32.2. The van der Waals surface area contributed by atoms with Crippen LogP contribution in [-0.2, 0) is 19.6 Å². The molecule has 0 spiro atoms. The molecule has 1 aliphatic rings. The molecule has 1 atom stereocenters. The minimum absolute atomic E-state index is 0.221. The minimum atomic E-state index is -3.39. The number of sulfonamides is 1. The van der Waals surface area contributed by atoms with E-state index >= 15 is 0 Å². The molecule has 3 rings (SSSR count). The van der Waals surface area contributed by atoms with E-state index in [4.69, 9.17) is 4.74 Å². The third-order valence-electron chi connectivity index (χ3n) is 4.74. The van der Waals surface area contributed by atoms with E-state index in [1.54, 1.807) is 51.4 Å². The second-order valence-electron chi connectivity index (χ2n) is 8.70. The van der Waals surface area contributed by atoms with Gasteiger partial charge in [-0.3, -0.25) is 19.3 Å². The average Bonchev–Trinajstić information content (AvgIpc) is 3.34. The topological polar surface area (TPSA) is 109 Å². The van der Waals surface area contributed by atoms with E-state index in [0.29, 0.717) is 29.5 Å². The van der Waals surface area contributed by atoms with Crippen LogP contribution in [-0.4, -0.2) is 61.8 Å². The summed E-state index contributed by atoms with van der Waals surface area (Å²) < 4.78 is 30.9. The van der Waals surface area contributed by atoms with Crippen molar-refractivity contribution in [3.8, 4) is 11.3 Å². The molecule has 2 heterocycles. The number of anilines is 2. The molecule has 0 radical (unpaired) electrons. The van der Waals surface area contributed by atoms with Crippen LogP contribution >= 0.6 is 11.3 Å². The molecular formula is C21H28N4O5S2. The van der Waals surface area contributed by atoms with Gasteiger partial charge in [0.1, 0.15) is 11.6 Å². The molecule has 174 valence electrons. The van der Waals surface area contributed by atoms with Crippen LogP contribution in [0.2, 0.25) is 0 Å². The van der Waals surface area contributed by atoms with Crippen LogP contribution in [0.15, 0.2) is 29.6 Å². The second-order valence-corrected chi connectivity index (χ2v) is 11.3. The predicted octanol–water partition coefficient (Wildman–Crippen LogP) is 3.54. The normalized spacial score (nSPS) is 16.7. The van der Waals surface area contributed by atoms with E-state index in [2.05, 4.69) is 9.71 Å². The molecular weight excluding hydrogens is 452 g/mol. The average molecular weight is 481 g/mol. The fourth-order valence-corrected chi connectivity index (χ4v) is 4.75. The Kier molecular flexibility index (Phi) is 6.80. The number of thiazole rings is 1. The third-order valence-corrected chi connectivity index (χ3v) is 6.26. The Balaban J connectivity index is 1.75. The lowest BCUT2D eigenvalue weighted by molar-refractivity contribution is -0.122. The summed E-state index contributed by atoms with van der Waals surface area (Å²) in [5.41, 5.74) is 1.14. The molecule has 32 heavy (non-hydrogen) atoms. The van der Waals surface area contributed by atoms with Gasteiger partial charge in [-0.15, -0.1) is 11.3 Å². The van der Waals surface area contributed by atoms with Crippen LogP contribution in [0.1, 0.15) is 33.6 Å². The number of nitrogens with zero attached hydrogens (tertiary/aromatic N) is 3. The van der Waals surface area contributed by atoms with Gasteiger partial charge in [-0.25, -0.2) is 18.2 Å². The maximum Gasteiger partial charge on any atom is 0.410 e. The number of carbonyl (C=O) groups excluding carboxylic acids is 2. The van der Waals surface area contributed by atoms with Crippen molar-refractivity contribution >= 4 is 44.2 Å². The third kappa shape index (κ3) is 5.98. The Morgan fingerprint density at radius 3 is 2.69 bits per heavy atom. The maximum atomic E-state index is 13.1. The molecule has 0 aliphatic carbocycles. The molecule has 1 saturated heterocycles. The van der Waals surface area contributed by atoms with Gasteiger partial charge < -0.3 is 4.74 Å². The van der Waals surface area contributed by atoms with Crippen molar-refractivity contribution in [2.24, 2.45) is 0 Å². The minimum Gasteiger partial charge on any atom is -0.444 e. The molecule has 11 heteroatoms. The van der Waals surface area contributed by atoms with Gasteiger partial charge in [-0.1, -0.05) is 12.1 Å². The van der Waals surface area contributed by atoms with Gasteiger partial charge in [0.05, 0.1) is 11.9 Å². The number of hydrogen-bond donors (Lipinski definition) is 1. The van der Waals surface area contributed by atoms with Gasteiger partial charge in [0.25, 0.3) is 5.91 Å². The van der Waals surface area contributed by atoms with Crippen molar-refractivity contribution in [2.45, 2.75) is 45.3 Å². The number of ether oxygens (including phenoxy) is 1. The summed E-state index contributed by atoms with van der Waals surface area (Å²) in [7, 11) is -1.76. The fourth-order valence-electron chi connectivity index (χ4n) is 3.39. The van der Waals surface area contributed by atoms with E-state index < -0.39 is 27.8 Å². The summed E-state index contributed by atoms with van der Waals surface area (Å²) in [5, 5.41) is 2.29. The molecule has 1 fully saturated rings. The van der Waals surface area contributed by atoms with Crippen LogP contribution in [0.4, 0.5) is 15.6 Å². The molecule has 1 N–H and O–H groups in total. The zero-order valence-corrected chi connectivity index (χ0v) is 20.4. The number of aromatic nitrogens is 1. The number of carbonyl (C=O) groups is 2. The van der Waals surface area contributed by atoms with E-state index in [1.807, 2.05) is 6.07 Å². The quantitative estimate of drug-likeness (QED) is 0.701. The highest BCUT2D eigenvalue weighted by molar-refractivity contribution is 7.92. The van der Waals surface area contributed by atoms with Gasteiger partial charge in [0.15, 0.2) is 5.13 Å².